The number of benzene rings is 10. The molecule has 3 N–H and O–H groups in total. The zero-order valence-corrected chi connectivity index (χ0v) is 80.4. The fourth-order valence-corrected chi connectivity index (χ4v) is 15.4. The number of hydrogen-bond acceptors (Lipinski definition) is 23. The molecule has 9 amide bonds. The van der Waals surface area contributed by atoms with E-state index in [-0.39, 0.29) is 83.7 Å². The maximum Gasteiger partial charge on any atom is 0.417 e. The Labute approximate surface area is 803 Å². The zero-order chi connectivity index (χ0) is 99.5. The number of ether oxygens (including phenoxy) is 9. The summed E-state index contributed by atoms with van der Waals surface area (Å²) in [5, 5.41) is 15.9. The first-order valence-corrected chi connectivity index (χ1v) is 45.5. The number of amides is 9. The molecule has 14 rings (SSSR count). The number of aromatic nitrogens is 3. The summed E-state index contributed by atoms with van der Waals surface area (Å²) < 4.78 is 49.7. The molecule has 11 aromatic rings. The Hall–Kier alpha value is -15.4. The SMILES string of the molecule is CC(C)(C)OC(=O)NCn1nnc2ccccc21.Cc1ccc(C(=O)OCc2ccc(CC(=O)N3C(=O)OC[C@H]3Cc3ccccc3)cc2)c(C)c1.Cc1ccc(C(=O)OCc2ccc([C@@H](CNC(=O)OC(C)(C)C)C(=O)N3C(=O)OC[C@H]3Cc3ccccc3)cc2)c(C)c1.Cc1ccc(C(=O)OCc2ccc([C@H](CNC(=O)OC(C)(C)C)C(=O)N3C(=O)OC[C@H]3Cc3ccccc3)cc2)c(C)c1. The van der Waals surface area contributed by atoms with Crippen LogP contribution in [0.2, 0.25) is 0 Å². The number of aryl methyl sites for hydroxylation is 6. The van der Waals surface area contributed by atoms with Crippen molar-refractivity contribution in [2.45, 2.75) is 203 Å². The normalized spacial score (nSPS) is 14.8. The van der Waals surface area contributed by atoms with Crippen molar-refractivity contribution in [3.8, 4) is 0 Å². The molecule has 3 aliphatic rings. The topological polar surface area (TPSA) is 364 Å². The monoisotopic (exact) mass is 1880 g/mol. The smallest absolute Gasteiger partial charge is 0.417 e. The number of cyclic esters (lactones) is 3. The highest BCUT2D eigenvalue weighted by molar-refractivity contribution is 5.99. The van der Waals surface area contributed by atoms with Crippen molar-refractivity contribution in [2.75, 3.05) is 32.9 Å². The van der Waals surface area contributed by atoms with Gasteiger partial charge in [0, 0.05) is 13.1 Å². The van der Waals surface area contributed by atoms with E-state index in [0.717, 1.165) is 93.2 Å². The quantitative estimate of drug-likeness (QED) is 0.0318. The second-order valence-corrected chi connectivity index (χ2v) is 36.9. The van der Waals surface area contributed by atoms with E-state index < -0.39 is 101 Å². The van der Waals surface area contributed by atoms with E-state index in [9.17, 15) is 57.5 Å². The Balaban J connectivity index is 0.000000183. The van der Waals surface area contributed by atoms with E-state index in [0.29, 0.717) is 47.1 Å². The summed E-state index contributed by atoms with van der Waals surface area (Å²) >= 11 is 0. The van der Waals surface area contributed by atoms with Crippen molar-refractivity contribution in [1.29, 1.82) is 0 Å². The molecular formula is C108H119N9O21. The van der Waals surface area contributed by atoms with Crippen molar-refractivity contribution in [3.05, 3.63) is 343 Å². The molecule has 722 valence electrons. The number of imide groups is 3. The fraction of sp³-hybridized carbons (Fsp3) is 0.333. The van der Waals surface area contributed by atoms with E-state index in [1.165, 1.54) is 4.90 Å². The number of rotatable bonds is 27. The molecule has 3 fully saturated rings. The number of nitrogens with zero attached hydrogens (tertiary/aromatic N) is 6. The van der Waals surface area contributed by atoms with Crippen molar-refractivity contribution in [2.24, 2.45) is 0 Å². The molecule has 3 saturated heterocycles. The number of nitrogens with one attached hydrogen (secondary N) is 3. The average molecular weight is 1880 g/mol. The third kappa shape index (κ3) is 30.6. The predicted octanol–water partition coefficient (Wildman–Crippen LogP) is 18.4. The van der Waals surface area contributed by atoms with E-state index in [1.54, 1.807) is 113 Å². The van der Waals surface area contributed by atoms with Crippen molar-refractivity contribution in [3.63, 3.8) is 0 Å². The van der Waals surface area contributed by atoms with Gasteiger partial charge in [-0.2, -0.15) is 0 Å². The van der Waals surface area contributed by atoms with Gasteiger partial charge in [0.1, 0.15) is 68.6 Å². The van der Waals surface area contributed by atoms with Crippen LogP contribution in [0, 0.1) is 41.5 Å². The van der Waals surface area contributed by atoms with Crippen LogP contribution in [0.3, 0.4) is 0 Å². The van der Waals surface area contributed by atoms with Crippen LogP contribution in [0.5, 0.6) is 0 Å². The average Bonchev–Trinajstić information content (AvgIpc) is 1.64. The summed E-state index contributed by atoms with van der Waals surface area (Å²) in [6.45, 7) is 28.0. The van der Waals surface area contributed by atoms with Crippen LogP contribution >= 0.6 is 0 Å². The largest absolute Gasteiger partial charge is 0.457 e. The fourth-order valence-electron chi connectivity index (χ4n) is 15.4. The summed E-state index contributed by atoms with van der Waals surface area (Å²) in [6, 6.07) is 73.0. The molecule has 0 spiro atoms. The van der Waals surface area contributed by atoms with E-state index in [2.05, 4.69) is 26.3 Å². The number of para-hydroxylation sites is 1. The maximum atomic E-state index is 13.9. The number of hydrogen-bond donors (Lipinski definition) is 3. The third-order valence-electron chi connectivity index (χ3n) is 22.1. The minimum atomic E-state index is -0.900. The molecular weight excluding hydrogens is 1760 g/mol. The van der Waals surface area contributed by atoms with Crippen LogP contribution in [0.25, 0.3) is 11.0 Å². The van der Waals surface area contributed by atoms with Gasteiger partial charge in [0.2, 0.25) is 17.7 Å². The molecule has 0 saturated carbocycles. The van der Waals surface area contributed by atoms with Crippen LogP contribution in [-0.4, -0.2) is 170 Å². The first-order valence-electron chi connectivity index (χ1n) is 45.5. The van der Waals surface area contributed by atoms with Crippen LogP contribution in [-0.2, 0) is 109 Å². The highest BCUT2D eigenvalue weighted by atomic mass is 16.6. The summed E-state index contributed by atoms with van der Waals surface area (Å²) in [5.74, 6) is -4.29. The van der Waals surface area contributed by atoms with Crippen molar-refractivity contribution >= 4 is 83.2 Å². The lowest BCUT2D eigenvalue weighted by Gasteiger charge is -2.26. The Morgan fingerprint density at radius 3 is 1.03 bits per heavy atom. The number of esters is 3. The van der Waals surface area contributed by atoms with Crippen molar-refractivity contribution in [1.82, 2.24) is 45.6 Å². The van der Waals surface area contributed by atoms with Crippen molar-refractivity contribution < 1.29 is 100 Å². The number of fused-ring (bicyclic) bond motifs is 1. The summed E-state index contributed by atoms with van der Waals surface area (Å²) in [7, 11) is 0. The molecule has 4 heterocycles. The highest BCUT2D eigenvalue weighted by Crippen LogP contribution is 2.31. The summed E-state index contributed by atoms with van der Waals surface area (Å²) in [5.41, 5.74) is 14.2. The Bertz CT molecular complexity index is 5890. The molecule has 30 heteroatoms. The molecule has 5 atom stereocenters. The Kier molecular flexibility index (Phi) is 35.7. The number of alkyl carbamates (subject to hydrolysis) is 3. The lowest BCUT2D eigenvalue weighted by atomic mass is 9.95. The maximum absolute atomic E-state index is 13.9. The number of carbonyl (C=O) groups excluding carboxylic acids is 12. The summed E-state index contributed by atoms with van der Waals surface area (Å²) in [6.07, 6.45) is -2.33. The highest BCUT2D eigenvalue weighted by Gasteiger charge is 2.44. The number of carbonyl (C=O) groups is 12. The van der Waals surface area contributed by atoms with Gasteiger partial charge < -0.3 is 58.6 Å². The van der Waals surface area contributed by atoms with Crippen LogP contribution < -0.4 is 16.0 Å². The predicted molar refractivity (Wildman–Crippen MR) is 515 cm³/mol. The van der Waals surface area contributed by atoms with Gasteiger partial charge in [-0.3, -0.25) is 14.4 Å². The second kappa shape index (κ2) is 47.7. The van der Waals surface area contributed by atoms with Gasteiger partial charge in [0.25, 0.3) is 0 Å². The summed E-state index contributed by atoms with van der Waals surface area (Å²) in [4.78, 5) is 156. The molecule has 30 nitrogen and oxygen atoms in total. The van der Waals surface area contributed by atoms with Gasteiger partial charge in [0.05, 0.1) is 58.6 Å². The first-order chi connectivity index (χ1) is 65.7. The van der Waals surface area contributed by atoms with E-state index >= 15 is 0 Å². The van der Waals surface area contributed by atoms with E-state index in [4.69, 9.17) is 42.6 Å². The molecule has 138 heavy (non-hydrogen) atoms. The lowest BCUT2D eigenvalue weighted by molar-refractivity contribution is -0.131. The molecule has 0 unspecified atom stereocenters. The molecule has 0 aliphatic carbocycles. The zero-order valence-electron chi connectivity index (χ0n) is 80.4. The molecule has 0 radical (unpaired) electrons. The molecule has 1 aromatic heterocycles. The van der Waals surface area contributed by atoms with Gasteiger partial charge in [-0.05, 0) is 220 Å². The van der Waals surface area contributed by atoms with E-state index in [1.807, 2.05) is 238 Å². The second-order valence-electron chi connectivity index (χ2n) is 36.9. The molecule has 10 aromatic carbocycles. The third-order valence-corrected chi connectivity index (χ3v) is 22.1. The standard InChI is InChI=1S/2C34H38N2O7.C28H27NO5.C12H16N4O2/c2*1-22-11-16-28(23(2)17-22)31(38)41-20-25-12-14-26(15-13-25)29(19-35-32(39)43-34(3,4)5)30(37)36-27(21-42-33(36)40)18-24-9-7-6-8-10-24;1-19-8-13-25(20(2)14-19)27(31)33-17-23-11-9-22(10-12-23)16-26(30)29-24(18-34-28(29)32)15-21-6-4-3-5-7-21;1-12(2,3)18-11(17)13-8-16-10-7-5-4-6-9(10)14-15-16/h2*6-17,27,29H,18-21H2,1-5H3,(H,35,39);3-14,24H,15-18H2,1-2H3;4-7H,8H2,1-3H3,(H,13,17)/t27-,29+;27-,29-;24-;/m111./s1. The van der Waals surface area contributed by atoms with Gasteiger partial charge in [-0.15, -0.1) is 5.10 Å². The Morgan fingerprint density at radius 2 is 0.681 bits per heavy atom. The molecule has 3 aliphatic heterocycles. The van der Waals surface area contributed by atoms with Gasteiger partial charge in [-0.25, -0.2) is 62.5 Å². The minimum absolute atomic E-state index is 0.0405. The van der Waals surface area contributed by atoms with Gasteiger partial charge in [0.15, 0.2) is 0 Å². The lowest BCUT2D eigenvalue weighted by Crippen LogP contribution is -2.46. The minimum Gasteiger partial charge on any atom is -0.457 e. The van der Waals surface area contributed by atoms with Gasteiger partial charge >= 0.3 is 54.5 Å². The van der Waals surface area contributed by atoms with Crippen LogP contribution in [0.4, 0.5) is 28.8 Å². The van der Waals surface area contributed by atoms with Gasteiger partial charge in [-0.1, -0.05) is 234 Å². The first kappa shape index (κ1) is 103. The van der Waals surface area contributed by atoms with Crippen LogP contribution in [0.15, 0.2) is 243 Å². The molecule has 0 bridgehead atoms. The Morgan fingerprint density at radius 1 is 0.370 bits per heavy atom. The van der Waals surface area contributed by atoms with Crippen LogP contribution in [0.1, 0.15) is 189 Å².